The zero-order valence-electron chi connectivity index (χ0n) is 7.86. The van der Waals surface area contributed by atoms with E-state index in [2.05, 4.69) is 5.48 Å². The Morgan fingerprint density at radius 3 is 2.15 bits per heavy atom. The number of phenols is 1. The third kappa shape index (κ3) is 2.44. The molecule has 3 N–H and O–H groups in total. The lowest BCUT2D eigenvalue weighted by Gasteiger charge is -2.18. The maximum atomic E-state index is 9.07. The summed E-state index contributed by atoms with van der Waals surface area (Å²) < 4.78 is 0. The van der Waals surface area contributed by atoms with Crippen molar-refractivity contribution in [1.29, 1.82) is 0 Å². The number of hydroxylamine groups is 1. The van der Waals surface area contributed by atoms with Crippen molar-refractivity contribution < 1.29 is 10.3 Å². The van der Waals surface area contributed by atoms with E-state index in [0.29, 0.717) is 0 Å². The topological polar surface area (TPSA) is 52.5 Å². The van der Waals surface area contributed by atoms with E-state index in [1.165, 1.54) is 0 Å². The van der Waals surface area contributed by atoms with Crippen molar-refractivity contribution in [2.45, 2.75) is 25.8 Å². The highest BCUT2D eigenvalue weighted by Crippen LogP contribution is 2.20. The number of aromatic hydroxyl groups is 1. The summed E-state index contributed by atoms with van der Waals surface area (Å²) in [5, 5.41) is 17.8. The van der Waals surface area contributed by atoms with Crippen molar-refractivity contribution in [1.82, 2.24) is 5.48 Å². The lowest BCUT2D eigenvalue weighted by molar-refractivity contribution is 0.123. The zero-order chi connectivity index (χ0) is 9.84. The minimum absolute atomic E-state index is 0.00421. The first-order valence-electron chi connectivity index (χ1n) is 4.33. The Bertz CT molecular complexity index is 258. The van der Waals surface area contributed by atoms with Crippen LogP contribution < -0.4 is 5.48 Å². The van der Waals surface area contributed by atoms with Crippen LogP contribution in [-0.4, -0.2) is 16.4 Å². The molecule has 0 heterocycles. The molecule has 3 heteroatoms. The monoisotopic (exact) mass is 181 g/mol. The van der Waals surface area contributed by atoms with E-state index in [-0.39, 0.29) is 17.7 Å². The van der Waals surface area contributed by atoms with Crippen molar-refractivity contribution in [3.8, 4) is 5.75 Å². The van der Waals surface area contributed by atoms with Gasteiger partial charge in [-0.1, -0.05) is 19.1 Å². The standard InChI is InChI=1S/C10H15NO2/c1-7(8(2)11-13)9-3-5-10(12)6-4-9/h3-8,11-13H,1-2H3. The molecule has 72 valence electrons. The number of hydrogen-bond acceptors (Lipinski definition) is 3. The molecule has 1 aromatic carbocycles. The number of phenolic OH excluding ortho intramolecular Hbond substituents is 1. The minimum Gasteiger partial charge on any atom is -0.508 e. The molecule has 0 bridgehead atoms. The molecule has 3 nitrogen and oxygen atoms in total. The lowest BCUT2D eigenvalue weighted by Crippen LogP contribution is -2.27. The van der Waals surface area contributed by atoms with E-state index < -0.39 is 0 Å². The smallest absolute Gasteiger partial charge is 0.115 e. The van der Waals surface area contributed by atoms with Gasteiger partial charge in [0.25, 0.3) is 0 Å². The van der Waals surface area contributed by atoms with Crippen molar-refractivity contribution in [3.63, 3.8) is 0 Å². The molecule has 0 saturated carbocycles. The molecule has 0 aliphatic carbocycles. The van der Waals surface area contributed by atoms with Gasteiger partial charge in [-0.05, 0) is 30.5 Å². The van der Waals surface area contributed by atoms with Gasteiger partial charge in [0.05, 0.1) is 0 Å². The van der Waals surface area contributed by atoms with E-state index in [4.69, 9.17) is 10.3 Å². The Kier molecular flexibility index (Phi) is 3.28. The first-order chi connectivity index (χ1) is 6.15. The predicted molar refractivity (Wildman–Crippen MR) is 50.9 cm³/mol. The summed E-state index contributed by atoms with van der Waals surface area (Å²) in [6.07, 6.45) is 0. The SMILES string of the molecule is CC(NO)C(C)c1ccc(O)cc1. The molecule has 0 aliphatic heterocycles. The van der Waals surface area contributed by atoms with E-state index in [0.717, 1.165) is 5.56 Å². The first kappa shape index (κ1) is 10.0. The largest absolute Gasteiger partial charge is 0.508 e. The van der Waals surface area contributed by atoms with E-state index in [1.807, 2.05) is 26.0 Å². The highest BCUT2D eigenvalue weighted by Gasteiger charge is 2.12. The van der Waals surface area contributed by atoms with Crippen LogP contribution >= 0.6 is 0 Å². The maximum Gasteiger partial charge on any atom is 0.115 e. The van der Waals surface area contributed by atoms with Gasteiger partial charge < -0.3 is 10.3 Å². The van der Waals surface area contributed by atoms with Gasteiger partial charge in [0.1, 0.15) is 5.75 Å². The van der Waals surface area contributed by atoms with Gasteiger partial charge in [0.15, 0.2) is 0 Å². The van der Waals surface area contributed by atoms with Gasteiger partial charge in [-0.3, -0.25) is 0 Å². The van der Waals surface area contributed by atoms with Gasteiger partial charge in [0, 0.05) is 6.04 Å². The summed E-state index contributed by atoms with van der Waals surface area (Å²) in [5.41, 5.74) is 3.30. The molecule has 0 aliphatic rings. The van der Waals surface area contributed by atoms with Crippen LogP contribution in [0.5, 0.6) is 5.75 Å². The second kappa shape index (κ2) is 4.25. The number of rotatable bonds is 3. The van der Waals surface area contributed by atoms with Crippen LogP contribution in [0, 0.1) is 0 Å². The molecule has 0 aromatic heterocycles. The lowest BCUT2D eigenvalue weighted by atomic mass is 9.95. The van der Waals surface area contributed by atoms with Crippen molar-refractivity contribution in [2.75, 3.05) is 0 Å². The first-order valence-corrected chi connectivity index (χ1v) is 4.33. The molecule has 0 radical (unpaired) electrons. The third-order valence-electron chi connectivity index (χ3n) is 2.37. The van der Waals surface area contributed by atoms with Crippen LogP contribution in [-0.2, 0) is 0 Å². The van der Waals surface area contributed by atoms with Crippen LogP contribution in [0.15, 0.2) is 24.3 Å². The van der Waals surface area contributed by atoms with Crippen LogP contribution in [0.25, 0.3) is 0 Å². The molecular weight excluding hydrogens is 166 g/mol. The summed E-state index contributed by atoms with van der Waals surface area (Å²) >= 11 is 0. The average Bonchev–Trinajstić information content (AvgIpc) is 2.17. The second-order valence-corrected chi connectivity index (χ2v) is 3.30. The van der Waals surface area contributed by atoms with E-state index in [9.17, 15) is 0 Å². The van der Waals surface area contributed by atoms with E-state index >= 15 is 0 Å². The average molecular weight is 181 g/mol. The molecule has 0 saturated heterocycles. The van der Waals surface area contributed by atoms with E-state index in [1.54, 1.807) is 12.1 Å². The molecule has 0 spiro atoms. The minimum atomic E-state index is 0.00421. The Balaban J connectivity index is 2.77. The van der Waals surface area contributed by atoms with Gasteiger partial charge >= 0.3 is 0 Å². The van der Waals surface area contributed by atoms with Crippen LogP contribution in [0.2, 0.25) is 0 Å². The highest BCUT2D eigenvalue weighted by atomic mass is 16.5. The quantitative estimate of drug-likeness (QED) is 0.624. The molecule has 13 heavy (non-hydrogen) atoms. The number of hydrogen-bond donors (Lipinski definition) is 3. The zero-order valence-corrected chi connectivity index (χ0v) is 7.86. The summed E-state index contributed by atoms with van der Waals surface area (Å²) in [6, 6.07) is 7.01. The summed E-state index contributed by atoms with van der Waals surface area (Å²) in [6.45, 7) is 3.91. The molecule has 0 amide bonds. The van der Waals surface area contributed by atoms with Crippen LogP contribution in [0.1, 0.15) is 25.3 Å². The molecular formula is C10H15NO2. The summed E-state index contributed by atoms with van der Waals surface area (Å²) in [7, 11) is 0. The molecule has 2 atom stereocenters. The Labute approximate surface area is 78.0 Å². The van der Waals surface area contributed by atoms with Crippen LogP contribution in [0.3, 0.4) is 0 Å². The number of benzene rings is 1. The Morgan fingerprint density at radius 1 is 1.15 bits per heavy atom. The normalized spacial score (nSPS) is 15.3. The second-order valence-electron chi connectivity index (χ2n) is 3.30. The van der Waals surface area contributed by atoms with Gasteiger partial charge in [-0.15, -0.1) is 0 Å². The van der Waals surface area contributed by atoms with Gasteiger partial charge in [0.2, 0.25) is 0 Å². The summed E-state index contributed by atoms with van der Waals surface area (Å²) in [5.74, 6) is 0.478. The maximum absolute atomic E-state index is 9.07. The van der Waals surface area contributed by atoms with Gasteiger partial charge in [-0.25, -0.2) is 5.48 Å². The molecule has 2 unspecified atom stereocenters. The highest BCUT2D eigenvalue weighted by molar-refractivity contribution is 5.28. The number of nitrogens with one attached hydrogen (secondary N) is 1. The van der Waals surface area contributed by atoms with Gasteiger partial charge in [-0.2, -0.15) is 0 Å². The van der Waals surface area contributed by atoms with Crippen molar-refractivity contribution >= 4 is 0 Å². The predicted octanol–water partition coefficient (Wildman–Crippen LogP) is 1.86. The fourth-order valence-electron chi connectivity index (χ4n) is 1.18. The van der Waals surface area contributed by atoms with Crippen LogP contribution in [0.4, 0.5) is 0 Å². The van der Waals surface area contributed by atoms with Crippen molar-refractivity contribution in [2.24, 2.45) is 0 Å². The Hall–Kier alpha value is -1.06. The molecule has 0 fully saturated rings. The Morgan fingerprint density at radius 2 is 1.69 bits per heavy atom. The fraction of sp³-hybridized carbons (Fsp3) is 0.400. The molecule has 1 aromatic rings. The fourth-order valence-corrected chi connectivity index (χ4v) is 1.18. The molecule has 1 rings (SSSR count). The third-order valence-corrected chi connectivity index (χ3v) is 2.37. The van der Waals surface area contributed by atoms with Crippen molar-refractivity contribution in [3.05, 3.63) is 29.8 Å². The summed E-state index contributed by atoms with van der Waals surface area (Å²) in [4.78, 5) is 0.